The fraction of sp³-hybridized carbons (Fsp3) is 0.0811. The predicted molar refractivity (Wildman–Crippen MR) is 163 cm³/mol. The van der Waals surface area contributed by atoms with Crippen LogP contribution in [0, 0.1) is 0 Å². The summed E-state index contributed by atoms with van der Waals surface area (Å²) in [6.45, 7) is 4.70. The summed E-state index contributed by atoms with van der Waals surface area (Å²) < 4.78 is 0. The van der Waals surface area contributed by atoms with Crippen molar-refractivity contribution < 1.29 is 0 Å². The van der Waals surface area contributed by atoms with Crippen LogP contribution in [-0.4, -0.2) is 9.97 Å². The molecular weight excluding hydrogens is 472 g/mol. The molecule has 1 aliphatic rings. The van der Waals surface area contributed by atoms with E-state index in [0.29, 0.717) is 0 Å². The molecule has 2 heterocycles. The Morgan fingerprint density at radius 3 is 2.05 bits per heavy atom. The van der Waals surface area contributed by atoms with E-state index >= 15 is 0 Å². The van der Waals surface area contributed by atoms with E-state index < -0.39 is 0 Å². The Bertz CT molecular complexity index is 2090. The van der Waals surface area contributed by atoms with Crippen LogP contribution in [0.15, 0.2) is 122 Å². The summed E-state index contributed by atoms with van der Waals surface area (Å²) in [4.78, 5) is 9.41. The number of hydrogen-bond acceptors (Lipinski definition) is 2. The molecule has 8 rings (SSSR count). The monoisotopic (exact) mass is 498 g/mol. The molecule has 0 saturated carbocycles. The Morgan fingerprint density at radius 2 is 1.26 bits per heavy atom. The molecule has 39 heavy (non-hydrogen) atoms. The molecule has 0 saturated heterocycles. The van der Waals surface area contributed by atoms with Gasteiger partial charge in [0.2, 0.25) is 0 Å². The van der Waals surface area contributed by atoms with Crippen LogP contribution >= 0.6 is 0 Å². The number of rotatable bonds is 2. The maximum atomic E-state index is 5.08. The van der Waals surface area contributed by atoms with Gasteiger partial charge in [-0.2, -0.15) is 0 Å². The molecule has 0 spiro atoms. The molecule has 0 unspecified atom stereocenters. The van der Waals surface area contributed by atoms with Crippen LogP contribution in [0.4, 0.5) is 0 Å². The first-order valence-corrected chi connectivity index (χ1v) is 13.5. The smallest absolute Gasteiger partial charge is 0.0788 e. The summed E-state index contributed by atoms with van der Waals surface area (Å²) in [5, 5.41) is 4.77. The Kier molecular flexibility index (Phi) is 4.60. The van der Waals surface area contributed by atoms with Crippen molar-refractivity contribution in [1.82, 2.24) is 9.97 Å². The highest BCUT2D eigenvalue weighted by Gasteiger charge is 2.36. The van der Waals surface area contributed by atoms with Crippen LogP contribution in [0.1, 0.15) is 25.0 Å². The molecule has 2 nitrogen and oxygen atoms in total. The van der Waals surface area contributed by atoms with Crippen LogP contribution in [0.5, 0.6) is 0 Å². The van der Waals surface area contributed by atoms with E-state index in [1.165, 1.54) is 60.5 Å². The van der Waals surface area contributed by atoms with Gasteiger partial charge in [-0.3, -0.25) is 4.98 Å². The molecule has 0 amide bonds. The summed E-state index contributed by atoms with van der Waals surface area (Å²) in [5.41, 5.74) is 12.2. The maximum absolute atomic E-state index is 5.08. The van der Waals surface area contributed by atoms with Crippen molar-refractivity contribution in [1.29, 1.82) is 0 Å². The first kappa shape index (κ1) is 22.2. The molecule has 0 atom stereocenters. The molecular formula is C37H26N2. The number of pyridine rings is 2. The number of para-hydroxylation sites is 1. The summed E-state index contributed by atoms with van der Waals surface area (Å²) in [6, 6.07) is 39.7. The fourth-order valence-electron chi connectivity index (χ4n) is 6.47. The normalized spacial score (nSPS) is 13.6. The van der Waals surface area contributed by atoms with Gasteiger partial charge in [-0.1, -0.05) is 86.6 Å². The van der Waals surface area contributed by atoms with E-state index in [2.05, 4.69) is 122 Å². The van der Waals surface area contributed by atoms with E-state index in [4.69, 9.17) is 4.98 Å². The van der Waals surface area contributed by atoms with Crippen LogP contribution in [0.25, 0.3) is 66.0 Å². The fourth-order valence-corrected chi connectivity index (χ4v) is 6.47. The third kappa shape index (κ3) is 3.28. The zero-order valence-corrected chi connectivity index (χ0v) is 21.9. The Hall–Kier alpha value is -4.82. The second-order valence-electron chi connectivity index (χ2n) is 11.1. The molecule has 0 radical (unpaired) electrons. The van der Waals surface area contributed by atoms with E-state index in [1.807, 2.05) is 18.5 Å². The lowest BCUT2D eigenvalue weighted by atomic mass is 9.80. The van der Waals surface area contributed by atoms with Gasteiger partial charge >= 0.3 is 0 Å². The first-order chi connectivity index (χ1) is 19.1. The second-order valence-corrected chi connectivity index (χ2v) is 11.1. The standard InChI is InChI=1S/C37H26N2/c1-37(2)33-20-23(26-9-7-17-38-22-26)13-15-29(33)30-16-14-24(21-34(30)37)32-19-27-18-25-8-3-6-12-35(25)39-36(27)31-11-5-4-10-28(31)32/h3-22H,1-2H3. The van der Waals surface area contributed by atoms with E-state index in [-0.39, 0.29) is 5.41 Å². The molecule has 7 aromatic rings. The topological polar surface area (TPSA) is 25.8 Å². The maximum Gasteiger partial charge on any atom is 0.0788 e. The van der Waals surface area contributed by atoms with Crippen LogP contribution in [-0.2, 0) is 5.41 Å². The highest BCUT2D eigenvalue weighted by atomic mass is 14.7. The van der Waals surface area contributed by atoms with Gasteiger partial charge in [-0.05, 0) is 86.3 Å². The largest absolute Gasteiger partial charge is 0.264 e. The molecule has 0 aliphatic heterocycles. The Labute approximate surface area is 227 Å². The molecule has 2 heteroatoms. The lowest BCUT2D eigenvalue weighted by molar-refractivity contribution is 0.661. The highest BCUT2D eigenvalue weighted by Crippen LogP contribution is 2.51. The minimum atomic E-state index is -0.108. The average molecular weight is 499 g/mol. The van der Waals surface area contributed by atoms with Crippen molar-refractivity contribution in [2.24, 2.45) is 0 Å². The van der Waals surface area contributed by atoms with Gasteiger partial charge in [0.15, 0.2) is 0 Å². The van der Waals surface area contributed by atoms with Crippen molar-refractivity contribution >= 4 is 32.6 Å². The predicted octanol–water partition coefficient (Wildman–Crippen LogP) is 9.58. The molecule has 5 aromatic carbocycles. The highest BCUT2D eigenvalue weighted by molar-refractivity contribution is 6.14. The molecule has 184 valence electrons. The zero-order valence-electron chi connectivity index (χ0n) is 21.9. The van der Waals surface area contributed by atoms with Crippen LogP contribution in [0.2, 0.25) is 0 Å². The summed E-state index contributed by atoms with van der Waals surface area (Å²) in [6.07, 6.45) is 3.77. The summed E-state index contributed by atoms with van der Waals surface area (Å²) >= 11 is 0. The number of hydrogen-bond donors (Lipinski definition) is 0. The third-order valence-electron chi connectivity index (χ3n) is 8.51. The van der Waals surface area contributed by atoms with Crippen molar-refractivity contribution in [3.05, 3.63) is 133 Å². The van der Waals surface area contributed by atoms with E-state index in [0.717, 1.165) is 16.6 Å². The van der Waals surface area contributed by atoms with Gasteiger partial charge in [0.25, 0.3) is 0 Å². The molecule has 2 aromatic heterocycles. The first-order valence-electron chi connectivity index (χ1n) is 13.5. The summed E-state index contributed by atoms with van der Waals surface area (Å²) in [5.74, 6) is 0. The lowest BCUT2D eigenvalue weighted by Gasteiger charge is -2.23. The van der Waals surface area contributed by atoms with Crippen LogP contribution in [0.3, 0.4) is 0 Å². The molecule has 0 N–H and O–H groups in total. The van der Waals surface area contributed by atoms with E-state index in [9.17, 15) is 0 Å². The second kappa shape index (κ2) is 8.09. The molecule has 1 aliphatic carbocycles. The average Bonchev–Trinajstić information content (AvgIpc) is 3.21. The Balaban J connectivity index is 1.32. The van der Waals surface area contributed by atoms with Gasteiger partial charge in [0.05, 0.1) is 11.0 Å². The minimum Gasteiger partial charge on any atom is -0.264 e. The van der Waals surface area contributed by atoms with Gasteiger partial charge in [-0.25, -0.2) is 4.98 Å². The van der Waals surface area contributed by atoms with Gasteiger partial charge in [0.1, 0.15) is 0 Å². The lowest BCUT2D eigenvalue weighted by Crippen LogP contribution is -2.15. The minimum absolute atomic E-state index is 0.108. The van der Waals surface area contributed by atoms with Gasteiger partial charge in [0, 0.05) is 34.0 Å². The quantitative estimate of drug-likeness (QED) is 0.175. The Morgan fingerprint density at radius 1 is 0.538 bits per heavy atom. The van der Waals surface area contributed by atoms with Crippen molar-refractivity contribution in [2.45, 2.75) is 19.3 Å². The number of aromatic nitrogens is 2. The van der Waals surface area contributed by atoms with Crippen molar-refractivity contribution in [3.63, 3.8) is 0 Å². The van der Waals surface area contributed by atoms with Crippen LogP contribution < -0.4 is 0 Å². The molecule has 0 fully saturated rings. The van der Waals surface area contributed by atoms with Crippen molar-refractivity contribution in [2.75, 3.05) is 0 Å². The number of benzene rings is 5. The molecule has 0 bridgehead atoms. The van der Waals surface area contributed by atoms with Crippen molar-refractivity contribution in [3.8, 4) is 33.4 Å². The SMILES string of the molecule is CC1(C)c2cc(-c3cccnc3)ccc2-c2ccc(-c3cc4cc5ccccc5nc4c4ccccc34)cc21. The zero-order chi connectivity index (χ0) is 26.1. The third-order valence-corrected chi connectivity index (χ3v) is 8.51. The van der Waals surface area contributed by atoms with E-state index in [1.54, 1.807) is 0 Å². The number of fused-ring (bicyclic) bond motifs is 7. The summed E-state index contributed by atoms with van der Waals surface area (Å²) in [7, 11) is 0. The van der Waals surface area contributed by atoms with Gasteiger partial charge in [-0.15, -0.1) is 0 Å². The van der Waals surface area contributed by atoms with Gasteiger partial charge < -0.3 is 0 Å². The number of nitrogens with zero attached hydrogens (tertiary/aromatic N) is 2.